The lowest BCUT2D eigenvalue weighted by molar-refractivity contribution is -0.151. The third-order valence-corrected chi connectivity index (χ3v) is 5.55. The number of amides is 1. The molecule has 1 amide bonds. The molecule has 0 saturated heterocycles. The van der Waals surface area contributed by atoms with Gasteiger partial charge >= 0.3 is 5.97 Å². The van der Waals surface area contributed by atoms with Crippen molar-refractivity contribution in [2.75, 3.05) is 19.0 Å². The van der Waals surface area contributed by atoms with Crippen LogP contribution in [0.3, 0.4) is 0 Å². The highest BCUT2D eigenvalue weighted by atomic mass is 35.5. The van der Waals surface area contributed by atoms with Crippen molar-refractivity contribution in [3.63, 3.8) is 0 Å². The van der Waals surface area contributed by atoms with Crippen LogP contribution in [-0.2, 0) is 24.3 Å². The van der Waals surface area contributed by atoms with E-state index >= 15 is 0 Å². The molecular weight excluding hydrogens is 436 g/mol. The van der Waals surface area contributed by atoms with Crippen molar-refractivity contribution in [1.29, 1.82) is 0 Å². The van der Waals surface area contributed by atoms with Gasteiger partial charge < -0.3 is 19.9 Å². The molecule has 0 aromatic heterocycles. The summed E-state index contributed by atoms with van der Waals surface area (Å²) in [6.07, 6.45) is -1.42. The lowest BCUT2D eigenvalue weighted by atomic mass is 10.2. The van der Waals surface area contributed by atoms with Crippen molar-refractivity contribution < 1.29 is 32.6 Å². The second kappa shape index (κ2) is 10.4. The lowest BCUT2D eigenvalue weighted by Gasteiger charge is -2.20. The highest BCUT2D eigenvalue weighted by Crippen LogP contribution is 2.17. The Morgan fingerprint density at radius 1 is 1.17 bits per heavy atom. The van der Waals surface area contributed by atoms with Gasteiger partial charge in [0.25, 0.3) is 5.91 Å². The molecule has 0 spiro atoms. The maximum atomic E-state index is 12.4. The van der Waals surface area contributed by atoms with Gasteiger partial charge in [-0.05, 0) is 43.3 Å². The summed E-state index contributed by atoms with van der Waals surface area (Å²) in [6, 6.07) is 10.2. The van der Waals surface area contributed by atoms with Gasteiger partial charge in [0.15, 0.2) is 6.61 Å². The second-order valence-corrected chi connectivity index (χ2v) is 8.33. The van der Waals surface area contributed by atoms with Crippen molar-refractivity contribution in [1.82, 2.24) is 4.72 Å². The number of aliphatic hydroxyl groups excluding tert-OH is 1. The molecule has 2 rings (SSSR count). The number of sulfonamides is 1. The van der Waals surface area contributed by atoms with E-state index in [1.807, 2.05) is 0 Å². The Morgan fingerprint density at radius 2 is 1.83 bits per heavy atom. The van der Waals surface area contributed by atoms with Crippen molar-refractivity contribution in [3.05, 3.63) is 53.6 Å². The predicted octanol–water partition coefficient (Wildman–Crippen LogP) is 1.56. The Kier molecular flexibility index (Phi) is 8.18. The zero-order chi connectivity index (χ0) is 22.3. The minimum atomic E-state index is -4.15. The molecule has 11 heteroatoms. The van der Waals surface area contributed by atoms with Crippen LogP contribution < -0.4 is 14.8 Å². The van der Waals surface area contributed by atoms with E-state index in [-0.39, 0.29) is 4.90 Å². The number of hydrogen-bond acceptors (Lipinski definition) is 7. The minimum absolute atomic E-state index is 0.152. The molecule has 0 fully saturated rings. The molecule has 2 aromatic carbocycles. The molecular formula is C19H21ClN2O7S. The molecule has 30 heavy (non-hydrogen) atoms. The summed E-state index contributed by atoms with van der Waals surface area (Å²) in [5, 5.41) is 12.7. The first-order chi connectivity index (χ1) is 14.1. The molecule has 0 radical (unpaired) electrons. The zero-order valence-electron chi connectivity index (χ0n) is 16.2. The first kappa shape index (κ1) is 23.6. The molecule has 0 aliphatic carbocycles. The van der Waals surface area contributed by atoms with Gasteiger partial charge in [0, 0.05) is 16.8 Å². The van der Waals surface area contributed by atoms with Crippen LogP contribution in [0.1, 0.15) is 6.92 Å². The van der Waals surface area contributed by atoms with Gasteiger partial charge in [-0.25, -0.2) is 8.42 Å². The van der Waals surface area contributed by atoms with Crippen molar-refractivity contribution >= 4 is 39.2 Å². The Labute approximate surface area is 179 Å². The standard InChI is InChI=1S/C19H21ClN2O7S/c1-12(23)18(22-30(26,27)16-8-6-13(20)7-9-16)19(25)29-11-17(24)21-14-4-3-5-15(10-14)28-2/h3-10,12,18,22-23H,11H2,1-2H3,(H,21,24). The number of anilines is 1. The number of esters is 1. The van der Waals surface area contributed by atoms with Gasteiger partial charge in [0.05, 0.1) is 18.1 Å². The number of ether oxygens (including phenoxy) is 2. The monoisotopic (exact) mass is 456 g/mol. The smallest absolute Gasteiger partial charge is 0.327 e. The Hall–Kier alpha value is -2.66. The maximum Gasteiger partial charge on any atom is 0.327 e. The van der Waals surface area contributed by atoms with E-state index in [4.69, 9.17) is 21.1 Å². The molecule has 2 aromatic rings. The summed E-state index contributed by atoms with van der Waals surface area (Å²) in [4.78, 5) is 24.1. The topological polar surface area (TPSA) is 131 Å². The third kappa shape index (κ3) is 6.70. The average Bonchev–Trinajstić information content (AvgIpc) is 2.70. The fourth-order valence-electron chi connectivity index (χ4n) is 2.32. The molecule has 9 nitrogen and oxygen atoms in total. The normalized spacial score (nSPS) is 13.2. The molecule has 0 aliphatic heterocycles. The quantitative estimate of drug-likeness (QED) is 0.488. The van der Waals surface area contributed by atoms with E-state index in [0.29, 0.717) is 16.5 Å². The Morgan fingerprint density at radius 3 is 2.43 bits per heavy atom. The largest absolute Gasteiger partial charge is 0.497 e. The molecule has 3 N–H and O–H groups in total. The minimum Gasteiger partial charge on any atom is -0.497 e. The third-order valence-electron chi connectivity index (χ3n) is 3.84. The maximum absolute atomic E-state index is 12.4. The summed E-state index contributed by atoms with van der Waals surface area (Å²) in [7, 11) is -2.67. The summed E-state index contributed by atoms with van der Waals surface area (Å²) < 4.78 is 36.9. The molecule has 162 valence electrons. The van der Waals surface area contributed by atoms with Crippen LogP contribution in [-0.4, -0.2) is 51.3 Å². The zero-order valence-corrected chi connectivity index (χ0v) is 17.7. The number of carbonyl (C=O) groups excluding carboxylic acids is 2. The molecule has 0 aliphatic rings. The SMILES string of the molecule is COc1cccc(NC(=O)COC(=O)C(NS(=O)(=O)c2ccc(Cl)cc2)C(C)O)c1. The van der Waals surface area contributed by atoms with Crippen molar-refractivity contribution in [2.24, 2.45) is 0 Å². The number of methoxy groups -OCH3 is 1. The first-order valence-corrected chi connectivity index (χ1v) is 10.5. The van der Waals surface area contributed by atoms with Gasteiger partial charge in [-0.15, -0.1) is 0 Å². The van der Waals surface area contributed by atoms with Crippen LogP contribution in [0.15, 0.2) is 53.4 Å². The number of aliphatic hydroxyl groups is 1. The van der Waals surface area contributed by atoms with Crippen molar-refractivity contribution in [2.45, 2.75) is 24.0 Å². The number of rotatable bonds is 9. The van der Waals surface area contributed by atoms with E-state index in [1.165, 1.54) is 38.3 Å². The summed E-state index contributed by atoms with van der Waals surface area (Å²) in [5.74, 6) is -1.24. The van der Waals surface area contributed by atoms with Gasteiger partial charge in [0.2, 0.25) is 10.0 Å². The first-order valence-electron chi connectivity index (χ1n) is 8.69. The van der Waals surface area contributed by atoms with Gasteiger partial charge in [0.1, 0.15) is 11.8 Å². The number of halogens is 1. The molecule has 2 atom stereocenters. The van der Waals surface area contributed by atoms with Crippen LogP contribution >= 0.6 is 11.6 Å². The fourth-order valence-corrected chi connectivity index (χ4v) is 3.70. The van der Waals surface area contributed by atoms with Crippen molar-refractivity contribution in [3.8, 4) is 5.75 Å². The average molecular weight is 457 g/mol. The van der Waals surface area contributed by atoms with Crippen LogP contribution in [0.2, 0.25) is 5.02 Å². The molecule has 0 heterocycles. The van der Waals surface area contributed by atoms with Crippen LogP contribution in [0.25, 0.3) is 0 Å². The lowest BCUT2D eigenvalue weighted by Crippen LogP contribution is -2.48. The summed E-state index contributed by atoms with van der Waals surface area (Å²) in [5.41, 5.74) is 0.422. The Bertz CT molecular complexity index is 994. The number of nitrogens with one attached hydrogen (secondary N) is 2. The van der Waals surface area contributed by atoms with Crippen LogP contribution in [0.5, 0.6) is 5.75 Å². The van der Waals surface area contributed by atoms with Crippen LogP contribution in [0, 0.1) is 0 Å². The number of carbonyl (C=O) groups is 2. The van der Waals surface area contributed by atoms with E-state index < -0.39 is 40.7 Å². The number of hydrogen-bond donors (Lipinski definition) is 3. The van der Waals surface area contributed by atoms with E-state index in [0.717, 1.165) is 0 Å². The van der Waals surface area contributed by atoms with E-state index in [1.54, 1.807) is 24.3 Å². The molecule has 0 bridgehead atoms. The summed E-state index contributed by atoms with van der Waals surface area (Å²) >= 11 is 5.74. The second-order valence-electron chi connectivity index (χ2n) is 6.18. The fraction of sp³-hybridized carbons (Fsp3) is 0.263. The van der Waals surface area contributed by atoms with Gasteiger partial charge in [-0.3, -0.25) is 9.59 Å². The predicted molar refractivity (Wildman–Crippen MR) is 110 cm³/mol. The number of benzene rings is 2. The van der Waals surface area contributed by atoms with Crippen LogP contribution in [0.4, 0.5) is 5.69 Å². The molecule has 0 saturated carbocycles. The molecule has 2 unspecified atom stereocenters. The summed E-state index contributed by atoms with van der Waals surface area (Å²) in [6.45, 7) is 0.536. The Balaban J connectivity index is 1.99. The van der Waals surface area contributed by atoms with E-state index in [9.17, 15) is 23.1 Å². The van der Waals surface area contributed by atoms with Gasteiger partial charge in [-0.1, -0.05) is 17.7 Å². The highest BCUT2D eigenvalue weighted by Gasteiger charge is 2.31. The highest BCUT2D eigenvalue weighted by molar-refractivity contribution is 7.89. The van der Waals surface area contributed by atoms with E-state index in [2.05, 4.69) is 10.0 Å². The van der Waals surface area contributed by atoms with Gasteiger partial charge in [-0.2, -0.15) is 4.72 Å².